The van der Waals surface area contributed by atoms with Crippen molar-refractivity contribution in [2.75, 3.05) is 0 Å². The lowest BCUT2D eigenvalue weighted by molar-refractivity contribution is 0.103. The van der Waals surface area contributed by atoms with E-state index in [9.17, 15) is 4.79 Å². The third-order valence-electron chi connectivity index (χ3n) is 3.91. The first-order chi connectivity index (χ1) is 11.6. The molecular formula is C15H11Cl2N5O2. The number of tetrazole rings is 1. The average molecular weight is 364 g/mol. The van der Waals surface area contributed by atoms with Crippen molar-refractivity contribution in [2.24, 2.45) is 0 Å². The van der Waals surface area contributed by atoms with Gasteiger partial charge in [-0.2, -0.15) is 4.80 Å². The minimum absolute atomic E-state index is 0.220. The molecule has 0 radical (unpaired) electrons. The predicted molar refractivity (Wildman–Crippen MR) is 85.3 cm³/mol. The van der Waals surface area contributed by atoms with Crippen molar-refractivity contribution in [3.8, 4) is 0 Å². The van der Waals surface area contributed by atoms with Crippen LogP contribution in [0.4, 0.5) is 0 Å². The molecule has 24 heavy (non-hydrogen) atoms. The molecule has 0 unspecified atom stereocenters. The first-order valence-corrected chi connectivity index (χ1v) is 8.07. The van der Waals surface area contributed by atoms with Crippen LogP contribution < -0.4 is 0 Å². The smallest absolute Gasteiger partial charge is 0.199 e. The van der Waals surface area contributed by atoms with E-state index in [4.69, 9.17) is 27.7 Å². The van der Waals surface area contributed by atoms with Crippen LogP contribution in [0.3, 0.4) is 0 Å². The number of aromatic nitrogens is 5. The van der Waals surface area contributed by atoms with Crippen molar-refractivity contribution in [3.63, 3.8) is 0 Å². The summed E-state index contributed by atoms with van der Waals surface area (Å²) in [5, 5.41) is 15.8. The molecule has 9 heteroatoms. The summed E-state index contributed by atoms with van der Waals surface area (Å²) in [4.78, 5) is 14.2. The summed E-state index contributed by atoms with van der Waals surface area (Å²) in [7, 11) is 0. The molecule has 0 N–H and O–H groups in total. The average Bonchev–Trinajstić information content (AvgIpc) is 3.09. The number of hydrogen-bond donors (Lipinski definition) is 0. The Balaban J connectivity index is 1.72. The highest BCUT2D eigenvalue weighted by Crippen LogP contribution is 2.42. The Hall–Kier alpha value is -2.25. The van der Waals surface area contributed by atoms with E-state index in [1.165, 1.54) is 17.3 Å². The van der Waals surface area contributed by atoms with Gasteiger partial charge in [-0.3, -0.25) is 4.79 Å². The van der Waals surface area contributed by atoms with Gasteiger partial charge in [0.05, 0.1) is 23.3 Å². The van der Waals surface area contributed by atoms with Gasteiger partial charge in [-0.1, -0.05) is 28.4 Å². The maximum atomic E-state index is 12.9. The quantitative estimate of drug-likeness (QED) is 0.647. The first kappa shape index (κ1) is 15.3. The summed E-state index contributed by atoms with van der Waals surface area (Å²) in [5.41, 5.74) is 1.36. The van der Waals surface area contributed by atoms with Crippen LogP contribution in [0.25, 0.3) is 0 Å². The monoisotopic (exact) mass is 363 g/mol. The minimum Gasteiger partial charge on any atom is -0.360 e. The van der Waals surface area contributed by atoms with E-state index in [0.717, 1.165) is 12.8 Å². The van der Waals surface area contributed by atoms with Gasteiger partial charge < -0.3 is 4.52 Å². The molecule has 3 aromatic rings. The van der Waals surface area contributed by atoms with E-state index in [0.29, 0.717) is 27.5 Å². The molecule has 4 rings (SSSR count). The highest BCUT2D eigenvalue weighted by molar-refractivity contribution is 6.38. The molecule has 1 aromatic carbocycles. The van der Waals surface area contributed by atoms with Gasteiger partial charge in [-0.15, -0.1) is 10.2 Å². The Kier molecular flexibility index (Phi) is 3.82. The van der Waals surface area contributed by atoms with Crippen molar-refractivity contribution in [3.05, 3.63) is 57.2 Å². The second-order valence-corrected chi connectivity index (χ2v) is 6.35. The van der Waals surface area contributed by atoms with Gasteiger partial charge in [0.1, 0.15) is 0 Å². The van der Waals surface area contributed by atoms with Crippen LogP contribution in [0, 0.1) is 0 Å². The van der Waals surface area contributed by atoms with E-state index in [1.807, 2.05) is 0 Å². The molecule has 1 aliphatic rings. The summed E-state index contributed by atoms with van der Waals surface area (Å²) >= 11 is 12.7. The molecule has 122 valence electrons. The summed E-state index contributed by atoms with van der Waals surface area (Å²) in [6.07, 6.45) is 4.77. The van der Waals surface area contributed by atoms with E-state index in [1.54, 1.807) is 12.1 Å². The molecule has 0 bridgehead atoms. The number of carbonyl (C=O) groups excluding carboxylic acids is 1. The lowest BCUT2D eigenvalue weighted by Gasteiger charge is -2.10. The summed E-state index contributed by atoms with van der Waals surface area (Å²) in [6.45, 7) is 0.220. The zero-order valence-corrected chi connectivity index (χ0v) is 13.8. The summed E-state index contributed by atoms with van der Waals surface area (Å²) in [6, 6.07) is 3.24. The highest BCUT2D eigenvalue weighted by atomic mass is 35.5. The van der Waals surface area contributed by atoms with Crippen LogP contribution in [-0.2, 0) is 6.54 Å². The van der Waals surface area contributed by atoms with Gasteiger partial charge in [0.15, 0.2) is 17.9 Å². The fraction of sp³-hybridized carbons (Fsp3) is 0.267. The molecule has 1 fully saturated rings. The third-order valence-corrected chi connectivity index (χ3v) is 4.70. The van der Waals surface area contributed by atoms with Crippen molar-refractivity contribution >= 4 is 29.0 Å². The number of hydrogen-bond acceptors (Lipinski definition) is 6. The van der Waals surface area contributed by atoms with Gasteiger partial charge in [-0.25, -0.2) is 0 Å². The maximum absolute atomic E-state index is 12.9. The molecule has 0 aliphatic heterocycles. The van der Waals surface area contributed by atoms with E-state index >= 15 is 0 Å². The number of benzene rings is 1. The molecule has 7 nitrogen and oxygen atoms in total. The standard InChI is InChI=1S/C15H11Cl2N5O2/c16-12-4-3-9(13(17)11(12)6-22-19-7-18-21-22)14(23)10-5-20-24-15(10)8-1-2-8/h3-5,7-8H,1-2,6H2. The Labute approximate surface area is 146 Å². The number of rotatable bonds is 5. The molecule has 0 atom stereocenters. The largest absolute Gasteiger partial charge is 0.360 e. The zero-order chi connectivity index (χ0) is 16.7. The summed E-state index contributed by atoms with van der Waals surface area (Å²) < 4.78 is 5.24. The lowest BCUT2D eigenvalue weighted by atomic mass is 10.0. The van der Waals surface area contributed by atoms with Crippen LogP contribution >= 0.6 is 23.2 Å². The Morgan fingerprint density at radius 3 is 2.83 bits per heavy atom. The highest BCUT2D eigenvalue weighted by Gasteiger charge is 2.33. The fourth-order valence-corrected chi connectivity index (χ4v) is 3.10. The van der Waals surface area contributed by atoms with Crippen molar-refractivity contribution in [2.45, 2.75) is 25.3 Å². The van der Waals surface area contributed by atoms with Gasteiger partial charge >= 0.3 is 0 Å². The summed E-state index contributed by atoms with van der Waals surface area (Å²) in [5.74, 6) is 0.675. The number of halogens is 2. The fourth-order valence-electron chi connectivity index (χ4n) is 2.52. The zero-order valence-electron chi connectivity index (χ0n) is 12.3. The van der Waals surface area contributed by atoms with Gasteiger partial charge in [0, 0.05) is 22.1 Å². The lowest BCUT2D eigenvalue weighted by Crippen LogP contribution is -2.09. The second-order valence-electron chi connectivity index (χ2n) is 5.56. The van der Waals surface area contributed by atoms with Crippen LogP contribution in [-0.4, -0.2) is 31.1 Å². The van der Waals surface area contributed by atoms with E-state index < -0.39 is 0 Å². The normalized spacial score (nSPS) is 14.1. The molecule has 1 saturated carbocycles. The predicted octanol–water partition coefficient (Wildman–Crippen LogP) is 3.12. The van der Waals surface area contributed by atoms with Crippen LogP contribution in [0.1, 0.15) is 46.0 Å². The van der Waals surface area contributed by atoms with Crippen molar-refractivity contribution in [1.29, 1.82) is 0 Å². The minimum atomic E-state index is -0.229. The van der Waals surface area contributed by atoms with Crippen molar-refractivity contribution < 1.29 is 9.32 Å². The maximum Gasteiger partial charge on any atom is 0.199 e. The Morgan fingerprint density at radius 1 is 1.29 bits per heavy atom. The molecule has 0 saturated heterocycles. The molecule has 2 heterocycles. The number of nitrogens with zero attached hydrogens (tertiary/aromatic N) is 5. The molecule has 1 aliphatic carbocycles. The first-order valence-electron chi connectivity index (χ1n) is 7.32. The molecular weight excluding hydrogens is 353 g/mol. The third kappa shape index (κ3) is 2.70. The molecule has 2 aromatic heterocycles. The van der Waals surface area contributed by atoms with Gasteiger partial charge in [-0.05, 0) is 30.2 Å². The van der Waals surface area contributed by atoms with Crippen molar-refractivity contribution in [1.82, 2.24) is 25.4 Å². The molecule has 0 spiro atoms. The molecule has 0 amide bonds. The topological polar surface area (TPSA) is 86.7 Å². The number of ketones is 1. The Bertz CT molecular complexity index is 903. The second kappa shape index (κ2) is 5.99. The SMILES string of the molecule is O=C(c1cnoc1C1CC1)c1ccc(Cl)c(Cn2ncnn2)c1Cl. The van der Waals surface area contributed by atoms with Gasteiger partial charge in [0.25, 0.3) is 0 Å². The van der Waals surface area contributed by atoms with Crippen LogP contribution in [0.15, 0.2) is 29.2 Å². The Morgan fingerprint density at radius 2 is 2.12 bits per heavy atom. The van der Waals surface area contributed by atoms with E-state index in [-0.39, 0.29) is 23.3 Å². The van der Waals surface area contributed by atoms with E-state index in [2.05, 4.69) is 20.6 Å². The van der Waals surface area contributed by atoms with Crippen LogP contribution in [0.5, 0.6) is 0 Å². The van der Waals surface area contributed by atoms with Crippen LogP contribution in [0.2, 0.25) is 10.0 Å². The van der Waals surface area contributed by atoms with Gasteiger partial charge in [0.2, 0.25) is 0 Å². The number of carbonyl (C=O) groups is 1.